The Morgan fingerprint density at radius 1 is 1.05 bits per heavy atom. The predicted octanol–water partition coefficient (Wildman–Crippen LogP) is -0.551. The molecule has 1 nitrogen and oxygen atoms in total. The molecule has 0 aromatic heterocycles. The van der Waals surface area contributed by atoms with Crippen LogP contribution in [0.3, 0.4) is 0 Å². The van der Waals surface area contributed by atoms with Crippen LogP contribution >= 0.6 is 0 Å². The van der Waals surface area contributed by atoms with Crippen LogP contribution in [0.5, 0.6) is 0 Å². The smallest absolute Gasteiger partial charge is 0.123 e. The molecule has 2 N–H and O–H groups in total. The van der Waals surface area contributed by atoms with Gasteiger partial charge in [-0.25, -0.2) is 4.39 Å². The van der Waals surface area contributed by atoms with Gasteiger partial charge in [-0.3, -0.25) is 0 Å². The minimum Gasteiger partial charge on any atom is -1.00 e. The number of rotatable bonds is 4. The average Bonchev–Trinajstić information content (AvgIpc) is 3.17. The van der Waals surface area contributed by atoms with Gasteiger partial charge < -0.3 is 17.7 Å². The molecule has 100 valence electrons. The first-order valence-electron chi connectivity index (χ1n) is 6.45. The molecule has 0 radical (unpaired) electrons. The SMILES string of the molecule is Fc1cccc(C[NH2+][C@H]2CC2c2ccccc2)c1.[Cl-]. The maximum Gasteiger partial charge on any atom is 0.123 e. The molecule has 19 heavy (non-hydrogen) atoms. The fourth-order valence-electron chi connectivity index (χ4n) is 2.51. The highest BCUT2D eigenvalue weighted by Crippen LogP contribution is 2.37. The third kappa shape index (κ3) is 3.55. The Hall–Kier alpha value is -1.38. The van der Waals surface area contributed by atoms with Crippen molar-refractivity contribution in [2.75, 3.05) is 0 Å². The Morgan fingerprint density at radius 3 is 2.58 bits per heavy atom. The van der Waals surface area contributed by atoms with Crippen molar-refractivity contribution in [2.24, 2.45) is 0 Å². The fraction of sp³-hybridized carbons (Fsp3) is 0.250. The monoisotopic (exact) mass is 277 g/mol. The molecule has 1 fully saturated rings. The Kier molecular flexibility index (Phi) is 4.56. The minimum atomic E-state index is -0.142. The standard InChI is InChI=1S/C16H16FN.ClH/c17-14-8-4-5-12(9-14)11-18-16-10-15(16)13-6-2-1-3-7-13;/h1-9,15-16,18H,10-11H2;1H/t15?,16-;/m0./s1. The zero-order chi connectivity index (χ0) is 12.4. The van der Waals surface area contributed by atoms with Gasteiger partial charge in [0.25, 0.3) is 0 Å². The molecule has 0 aliphatic heterocycles. The van der Waals surface area contributed by atoms with Crippen molar-refractivity contribution in [3.63, 3.8) is 0 Å². The van der Waals surface area contributed by atoms with Crippen LogP contribution in [0.4, 0.5) is 4.39 Å². The van der Waals surface area contributed by atoms with E-state index < -0.39 is 0 Å². The normalized spacial score (nSPS) is 20.7. The Morgan fingerprint density at radius 2 is 1.84 bits per heavy atom. The van der Waals surface area contributed by atoms with Gasteiger partial charge in [0.1, 0.15) is 12.4 Å². The van der Waals surface area contributed by atoms with E-state index in [0.717, 1.165) is 12.1 Å². The topological polar surface area (TPSA) is 16.6 Å². The summed E-state index contributed by atoms with van der Waals surface area (Å²) < 4.78 is 13.0. The number of nitrogens with two attached hydrogens (primary N) is 1. The second kappa shape index (κ2) is 6.18. The third-order valence-electron chi connectivity index (χ3n) is 3.61. The van der Waals surface area contributed by atoms with Gasteiger partial charge in [0.15, 0.2) is 0 Å². The van der Waals surface area contributed by atoms with Crippen molar-refractivity contribution >= 4 is 0 Å². The van der Waals surface area contributed by atoms with Crippen LogP contribution in [0.25, 0.3) is 0 Å². The highest BCUT2D eigenvalue weighted by atomic mass is 35.5. The van der Waals surface area contributed by atoms with E-state index >= 15 is 0 Å². The summed E-state index contributed by atoms with van der Waals surface area (Å²) >= 11 is 0. The molecule has 3 rings (SSSR count). The summed E-state index contributed by atoms with van der Waals surface area (Å²) in [5.41, 5.74) is 2.49. The Labute approximate surface area is 119 Å². The van der Waals surface area contributed by atoms with Crippen LogP contribution in [0.1, 0.15) is 23.5 Å². The quantitative estimate of drug-likeness (QED) is 0.772. The van der Waals surface area contributed by atoms with Crippen molar-refractivity contribution in [3.05, 3.63) is 71.5 Å². The zero-order valence-corrected chi connectivity index (χ0v) is 11.4. The summed E-state index contributed by atoms with van der Waals surface area (Å²) in [6, 6.07) is 18.2. The molecule has 1 saturated carbocycles. The molecule has 1 unspecified atom stereocenters. The number of hydrogen-bond acceptors (Lipinski definition) is 0. The van der Waals surface area contributed by atoms with Crippen LogP contribution in [0.2, 0.25) is 0 Å². The van der Waals surface area contributed by atoms with Crippen LogP contribution in [-0.2, 0) is 6.54 Å². The van der Waals surface area contributed by atoms with Gasteiger partial charge in [0.2, 0.25) is 0 Å². The highest BCUT2D eigenvalue weighted by Gasteiger charge is 2.41. The van der Waals surface area contributed by atoms with Gasteiger partial charge in [0, 0.05) is 17.9 Å². The fourth-order valence-corrected chi connectivity index (χ4v) is 2.51. The minimum absolute atomic E-state index is 0. The van der Waals surface area contributed by atoms with Gasteiger partial charge in [-0.2, -0.15) is 0 Å². The second-order valence-corrected chi connectivity index (χ2v) is 4.99. The van der Waals surface area contributed by atoms with Gasteiger partial charge in [-0.05, 0) is 17.7 Å². The molecule has 2 aromatic rings. The molecule has 2 aromatic carbocycles. The second-order valence-electron chi connectivity index (χ2n) is 4.99. The van der Waals surface area contributed by atoms with E-state index in [1.807, 2.05) is 6.07 Å². The lowest BCUT2D eigenvalue weighted by Crippen LogP contribution is -3.00. The van der Waals surface area contributed by atoms with Gasteiger partial charge in [0.05, 0.1) is 6.04 Å². The van der Waals surface area contributed by atoms with Crippen LogP contribution in [-0.4, -0.2) is 6.04 Å². The molecule has 1 aliphatic carbocycles. The number of quaternary nitrogens is 1. The summed E-state index contributed by atoms with van der Waals surface area (Å²) in [6.07, 6.45) is 1.24. The summed E-state index contributed by atoms with van der Waals surface area (Å²) in [5.74, 6) is 0.538. The third-order valence-corrected chi connectivity index (χ3v) is 3.61. The van der Waals surface area contributed by atoms with E-state index in [1.165, 1.54) is 18.1 Å². The first-order valence-corrected chi connectivity index (χ1v) is 6.45. The van der Waals surface area contributed by atoms with Gasteiger partial charge >= 0.3 is 0 Å². The molecule has 1 aliphatic rings. The molecule has 0 spiro atoms. The molecule has 2 atom stereocenters. The van der Waals surface area contributed by atoms with Crippen molar-refractivity contribution in [3.8, 4) is 0 Å². The first-order chi connectivity index (χ1) is 8.83. The number of benzene rings is 2. The molecule has 0 heterocycles. The number of hydrogen-bond donors (Lipinski definition) is 1. The van der Waals surface area contributed by atoms with E-state index in [9.17, 15) is 4.39 Å². The van der Waals surface area contributed by atoms with Crippen molar-refractivity contribution < 1.29 is 22.1 Å². The van der Waals surface area contributed by atoms with Crippen LogP contribution in [0.15, 0.2) is 54.6 Å². The highest BCUT2D eigenvalue weighted by molar-refractivity contribution is 5.26. The largest absolute Gasteiger partial charge is 1.00 e. The molecular weight excluding hydrogens is 261 g/mol. The summed E-state index contributed by atoms with van der Waals surface area (Å²) in [5, 5.41) is 2.33. The average molecular weight is 278 g/mol. The summed E-state index contributed by atoms with van der Waals surface area (Å²) in [4.78, 5) is 0. The molecular formula is C16H17ClFN. The van der Waals surface area contributed by atoms with Crippen LogP contribution < -0.4 is 17.7 Å². The van der Waals surface area contributed by atoms with Crippen molar-refractivity contribution in [1.82, 2.24) is 0 Å². The first kappa shape index (κ1) is 14.0. The van der Waals surface area contributed by atoms with Crippen molar-refractivity contribution in [2.45, 2.75) is 24.9 Å². The lowest BCUT2D eigenvalue weighted by atomic mass is 10.1. The van der Waals surface area contributed by atoms with E-state index in [0.29, 0.717) is 12.0 Å². The lowest BCUT2D eigenvalue weighted by molar-refractivity contribution is -0.684. The van der Waals surface area contributed by atoms with E-state index in [2.05, 4.69) is 35.6 Å². The van der Waals surface area contributed by atoms with Gasteiger partial charge in [-0.15, -0.1) is 0 Å². The lowest BCUT2D eigenvalue weighted by Gasteiger charge is -2.02. The number of halogens is 2. The predicted molar refractivity (Wildman–Crippen MR) is 69.6 cm³/mol. The maximum atomic E-state index is 13.0. The maximum absolute atomic E-state index is 13.0. The van der Waals surface area contributed by atoms with E-state index in [4.69, 9.17) is 0 Å². The molecule has 0 saturated heterocycles. The zero-order valence-electron chi connectivity index (χ0n) is 10.6. The molecule has 3 heteroatoms. The molecule has 0 amide bonds. The molecule has 0 bridgehead atoms. The van der Waals surface area contributed by atoms with Crippen LogP contribution in [0, 0.1) is 5.82 Å². The Balaban J connectivity index is 0.00000133. The Bertz CT molecular complexity index is 529. The van der Waals surface area contributed by atoms with E-state index in [1.54, 1.807) is 12.1 Å². The summed E-state index contributed by atoms with van der Waals surface area (Å²) in [7, 11) is 0. The van der Waals surface area contributed by atoms with Gasteiger partial charge in [-0.1, -0.05) is 42.5 Å². The van der Waals surface area contributed by atoms with Crippen molar-refractivity contribution in [1.29, 1.82) is 0 Å². The summed E-state index contributed by atoms with van der Waals surface area (Å²) in [6.45, 7) is 0.867. The van der Waals surface area contributed by atoms with E-state index in [-0.39, 0.29) is 18.2 Å².